The van der Waals surface area contributed by atoms with Gasteiger partial charge in [0.2, 0.25) is 0 Å². The summed E-state index contributed by atoms with van der Waals surface area (Å²) in [7, 11) is 0. The van der Waals surface area contributed by atoms with E-state index < -0.39 is 0 Å². The third-order valence-corrected chi connectivity index (χ3v) is 7.95. The molecule has 0 saturated heterocycles. The van der Waals surface area contributed by atoms with Crippen LogP contribution in [0, 0.1) is 0 Å². The summed E-state index contributed by atoms with van der Waals surface area (Å²) in [6.07, 6.45) is 3.72. The predicted octanol–water partition coefficient (Wildman–Crippen LogP) is 10.0. The average Bonchev–Trinajstić information content (AvgIpc) is 3.33. The van der Waals surface area contributed by atoms with Crippen molar-refractivity contribution in [2.75, 3.05) is 0 Å². The molecule has 6 aromatic carbocycles. The van der Waals surface area contributed by atoms with Crippen LogP contribution in [-0.2, 0) is 0 Å². The number of benzene rings is 6. The number of rotatable bonds is 3. The van der Waals surface area contributed by atoms with E-state index >= 15 is 0 Å². The Morgan fingerprint density at radius 1 is 0.316 bits per heavy atom. The van der Waals surface area contributed by atoms with E-state index in [0.29, 0.717) is 0 Å². The molecule has 0 atom stereocenters. The summed E-state index contributed by atoms with van der Waals surface area (Å²) in [5, 5.41) is 5.23. The Kier molecular flexibility index (Phi) is 4.59. The maximum absolute atomic E-state index is 4.27. The van der Waals surface area contributed by atoms with Crippen LogP contribution in [0.1, 0.15) is 0 Å². The summed E-state index contributed by atoms with van der Waals surface area (Å²) in [6.45, 7) is 0. The van der Waals surface area contributed by atoms with E-state index in [1.807, 2.05) is 18.5 Å². The van der Waals surface area contributed by atoms with Crippen LogP contribution in [0.4, 0.5) is 0 Å². The molecule has 1 aromatic heterocycles. The van der Waals surface area contributed by atoms with Crippen molar-refractivity contribution in [3.63, 3.8) is 0 Å². The second-order valence-corrected chi connectivity index (χ2v) is 9.96. The molecular weight excluding hydrogens is 458 g/mol. The van der Waals surface area contributed by atoms with E-state index in [9.17, 15) is 0 Å². The summed E-state index contributed by atoms with van der Waals surface area (Å²) in [4.78, 5) is 4.27. The van der Waals surface area contributed by atoms with Gasteiger partial charge >= 0.3 is 0 Å². The molecule has 0 amide bonds. The maximum atomic E-state index is 4.27. The molecule has 0 aliphatic heterocycles. The van der Waals surface area contributed by atoms with Crippen molar-refractivity contribution in [3.8, 4) is 55.6 Å². The van der Waals surface area contributed by atoms with Crippen LogP contribution < -0.4 is 0 Å². The molecule has 0 bridgehead atoms. The van der Waals surface area contributed by atoms with Crippen molar-refractivity contribution < 1.29 is 0 Å². The van der Waals surface area contributed by atoms with Crippen LogP contribution in [0.15, 0.2) is 140 Å². The second-order valence-electron chi connectivity index (χ2n) is 9.96. The molecule has 8 rings (SSSR count). The highest BCUT2D eigenvalue weighted by atomic mass is 14.6. The zero-order valence-electron chi connectivity index (χ0n) is 20.7. The number of hydrogen-bond acceptors (Lipinski definition) is 1. The molecule has 0 saturated carbocycles. The van der Waals surface area contributed by atoms with Crippen LogP contribution in [0.25, 0.3) is 77.2 Å². The topological polar surface area (TPSA) is 12.9 Å². The molecule has 1 nitrogen and oxygen atoms in total. The quantitative estimate of drug-likeness (QED) is 0.245. The molecule has 7 aromatic rings. The lowest BCUT2D eigenvalue weighted by atomic mass is 9.88. The predicted molar refractivity (Wildman–Crippen MR) is 160 cm³/mol. The van der Waals surface area contributed by atoms with Gasteiger partial charge in [0.1, 0.15) is 0 Å². The summed E-state index contributed by atoms with van der Waals surface area (Å²) in [6, 6.07) is 46.4. The second kappa shape index (κ2) is 8.26. The minimum atomic E-state index is 1.13. The molecular formula is C37H23N. The highest BCUT2D eigenvalue weighted by molar-refractivity contribution is 6.20. The fraction of sp³-hybridized carbons (Fsp3) is 0. The molecule has 1 heteroatoms. The molecule has 0 fully saturated rings. The number of pyridine rings is 1. The van der Waals surface area contributed by atoms with E-state index in [4.69, 9.17) is 0 Å². The van der Waals surface area contributed by atoms with Gasteiger partial charge in [-0.05, 0) is 83.2 Å². The van der Waals surface area contributed by atoms with Crippen LogP contribution in [0.5, 0.6) is 0 Å². The third-order valence-electron chi connectivity index (χ3n) is 7.95. The highest BCUT2D eigenvalue weighted by Gasteiger charge is 2.22. The minimum Gasteiger partial charge on any atom is -0.264 e. The van der Waals surface area contributed by atoms with Gasteiger partial charge in [0.15, 0.2) is 0 Å². The van der Waals surface area contributed by atoms with E-state index in [1.54, 1.807) is 0 Å². The Balaban J connectivity index is 1.30. The smallest absolute Gasteiger partial charge is 0.0346 e. The maximum Gasteiger partial charge on any atom is 0.0346 e. The van der Waals surface area contributed by atoms with Gasteiger partial charge in [0.05, 0.1) is 0 Å². The molecule has 1 aliphatic carbocycles. The molecule has 176 valence electrons. The van der Waals surface area contributed by atoms with Crippen LogP contribution in [-0.4, -0.2) is 4.98 Å². The first-order valence-electron chi connectivity index (χ1n) is 13.1. The Bertz CT molecular complexity index is 1970. The Hall–Kier alpha value is -5.01. The first-order chi connectivity index (χ1) is 18.9. The van der Waals surface area contributed by atoms with Crippen molar-refractivity contribution >= 4 is 21.5 Å². The molecule has 1 aliphatic rings. The van der Waals surface area contributed by atoms with Gasteiger partial charge < -0.3 is 0 Å². The monoisotopic (exact) mass is 481 g/mol. The van der Waals surface area contributed by atoms with Gasteiger partial charge in [-0.2, -0.15) is 0 Å². The Morgan fingerprint density at radius 3 is 1.61 bits per heavy atom. The van der Waals surface area contributed by atoms with Gasteiger partial charge in [0.25, 0.3) is 0 Å². The average molecular weight is 482 g/mol. The van der Waals surface area contributed by atoms with Gasteiger partial charge in [-0.15, -0.1) is 0 Å². The van der Waals surface area contributed by atoms with Crippen molar-refractivity contribution in [2.24, 2.45) is 0 Å². The van der Waals surface area contributed by atoms with E-state index in [2.05, 4.69) is 126 Å². The zero-order chi connectivity index (χ0) is 25.1. The van der Waals surface area contributed by atoms with E-state index in [0.717, 1.165) is 5.56 Å². The number of aromatic nitrogens is 1. The van der Waals surface area contributed by atoms with Gasteiger partial charge in [-0.3, -0.25) is 4.98 Å². The minimum absolute atomic E-state index is 1.13. The van der Waals surface area contributed by atoms with E-state index in [1.165, 1.54) is 71.6 Å². The summed E-state index contributed by atoms with van der Waals surface area (Å²) in [5.74, 6) is 0. The first-order valence-corrected chi connectivity index (χ1v) is 13.1. The Labute approximate surface area is 221 Å². The SMILES string of the molecule is c1cncc(-c2ccc(-c3ccc(-c4ccc5c6c(cccc46)-c4ccccc4-5)c4ccccc34)cc2)c1. The van der Waals surface area contributed by atoms with Crippen LogP contribution in [0.2, 0.25) is 0 Å². The fourth-order valence-electron chi connectivity index (χ4n) is 6.20. The van der Waals surface area contributed by atoms with Crippen molar-refractivity contribution in [3.05, 3.63) is 140 Å². The lowest BCUT2D eigenvalue weighted by Gasteiger charge is -2.15. The molecule has 38 heavy (non-hydrogen) atoms. The van der Waals surface area contributed by atoms with Gasteiger partial charge in [-0.1, -0.05) is 121 Å². The lowest BCUT2D eigenvalue weighted by molar-refractivity contribution is 1.33. The van der Waals surface area contributed by atoms with Crippen molar-refractivity contribution in [1.29, 1.82) is 0 Å². The van der Waals surface area contributed by atoms with Crippen molar-refractivity contribution in [2.45, 2.75) is 0 Å². The highest BCUT2D eigenvalue weighted by Crippen LogP contribution is 2.50. The first kappa shape index (κ1) is 21.1. The number of fused-ring (bicyclic) bond motifs is 4. The normalized spacial score (nSPS) is 11.7. The molecule has 0 unspecified atom stereocenters. The van der Waals surface area contributed by atoms with Gasteiger partial charge in [0, 0.05) is 12.4 Å². The standard InChI is InChI=1S/C37H23N/c1-2-9-29-28(8-1)27(25-16-14-24(15-17-25)26-7-6-22-38-23-26)18-19-32(29)33-20-21-36-31-11-4-3-10-30(31)34-12-5-13-35(33)37(34)36/h1-23H. The molecule has 0 N–H and O–H groups in total. The lowest BCUT2D eigenvalue weighted by Crippen LogP contribution is -1.88. The Morgan fingerprint density at radius 2 is 0.868 bits per heavy atom. The molecule has 0 radical (unpaired) electrons. The largest absolute Gasteiger partial charge is 0.264 e. The number of hydrogen-bond donors (Lipinski definition) is 0. The summed E-state index contributed by atoms with van der Waals surface area (Å²) < 4.78 is 0. The molecule has 0 spiro atoms. The fourth-order valence-corrected chi connectivity index (χ4v) is 6.20. The van der Waals surface area contributed by atoms with Crippen molar-refractivity contribution in [1.82, 2.24) is 4.98 Å². The summed E-state index contributed by atoms with van der Waals surface area (Å²) >= 11 is 0. The van der Waals surface area contributed by atoms with Crippen LogP contribution >= 0.6 is 0 Å². The summed E-state index contributed by atoms with van der Waals surface area (Å²) in [5.41, 5.74) is 12.7. The number of nitrogens with zero attached hydrogens (tertiary/aromatic N) is 1. The van der Waals surface area contributed by atoms with E-state index in [-0.39, 0.29) is 0 Å². The zero-order valence-corrected chi connectivity index (χ0v) is 20.7. The molecule has 1 heterocycles. The van der Waals surface area contributed by atoms with Gasteiger partial charge in [-0.25, -0.2) is 0 Å². The third kappa shape index (κ3) is 3.09. The van der Waals surface area contributed by atoms with Crippen LogP contribution in [0.3, 0.4) is 0 Å².